The van der Waals surface area contributed by atoms with Gasteiger partial charge in [0.15, 0.2) is 0 Å². The fraction of sp³-hybridized carbons (Fsp3) is 1.00. The van der Waals surface area contributed by atoms with Gasteiger partial charge in [0.05, 0.1) is 13.2 Å². The van der Waals surface area contributed by atoms with Crippen LogP contribution in [0.5, 0.6) is 0 Å². The lowest BCUT2D eigenvalue weighted by molar-refractivity contribution is 0.0476. The van der Waals surface area contributed by atoms with Gasteiger partial charge in [0, 0.05) is 0 Å². The number of rotatable bonds is 0. The summed E-state index contributed by atoms with van der Waals surface area (Å²) in [4.78, 5) is 0. The molecule has 1 saturated heterocycles. The molecule has 66 valence electrons. The summed E-state index contributed by atoms with van der Waals surface area (Å²) in [6.07, 6.45) is 2.58. The standard InChI is InChI=1S/C10H20O/c1-9(2)5-6-10(3,4)8-11-7-9/h5-8H2,1-4H3. The van der Waals surface area contributed by atoms with Gasteiger partial charge in [0.1, 0.15) is 0 Å². The topological polar surface area (TPSA) is 9.23 Å². The van der Waals surface area contributed by atoms with Crippen LogP contribution in [0.4, 0.5) is 0 Å². The van der Waals surface area contributed by atoms with Crippen LogP contribution in [-0.2, 0) is 4.74 Å². The van der Waals surface area contributed by atoms with E-state index in [1.54, 1.807) is 0 Å². The molecule has 0 radical (unpaired) electrons. The second kappa shape index (κ2) is 2.78. The van der Waals surface area contributed by atoms with Crippen LogP contribution in [0.2, 0.25) is 0 Å². The highest BCUT2D eigenvalue weighted by molar-refractivity contribution is 4.78. The Hall–Kier alpha value is -0.0400. The van der Waals surface area contributed by atoms with E-state index in [0.29, 0.717) is 10.8 Å². The maximum absolute atomic E-state index is 5.62. The Bertz CT molecular complexity index is 120. The van der Waals surface area contributed by atoms with Crippen molar-refractivity contribution in [3.63, 3.8) is 0 Å². The Balaban J connectivity index is 2.53. The second-order valence-corrected chi connectivity index (χ2v) is 5.32. The fourth-order valence-corrected chi connectivity index (χ4v) is 1.42. The Morgan fingerprint density at radius 3 is 1.55 bits per heavy atom. The molecule has 0 aromatic rings. The van der Waals surface area contributed by atoms with Gasteiger partial charge in [-0.1, -0.05) is 27.7 Å². The lowest BCUT2D eigenvalue weighted by Crippen LogP contribution is -2.16. The van der Waals surface area contributed by atoms with Gasteiger partial charge in [-0.15, -0.1) is 0 Å². The molecule has 1 rings (SSSR count). The molecule has 0 aliphatic carbocycles. The number of ether oxygens (including phenoxy) is 1. The highest BCUT2D eigenvalue weighted by Gasteiger charge is 2.28. The Labute approximate surface area is 70.1 Å². The molecule has 1 nitrogen and oxygen atoms in total. The lowest BCUT2D eigenvalue weighted by atomic mass is 9.81. The van der Waals surface area contributed by atoms with E-state index in [1.165, 1.54) is 12.8 Å². The highest BCUT2D eigenvalue weighted by atomic mass is 16.5. The average molecular weight is 156 g/mol. The molecule has 1 heteroatoms. The molecular formula is C10H20O. The molecule has 1 aliphatic heterocycles. The third-order valence-electron chi connectivity index (χ3n) is 2.46. The monoisotopic (exact) mass is 156 g/mol. The first-order valence-corrected chi connectivity index (χ1v) is 4.49. The van der Waals surface area contributed by atoms with E-state index in [2.05, 4.69) is 27.7 Å². The van der Waals surface area contributed by atoms with Crippen molar-refractivity contribution >= 4 is 0 Å². The van der Waals surface area contributed by atoms with Gasteiger partial charge in [-0.3, -0.25) is 0 Å². The van der Waals surface area contributed by atoms with Crippen molar-refractivity contribution in [2.24, 2.45) is 10.8 Å². The maximum atomic E-state index is 5.62. The molecule has 0 unspecified atom stereocenters. The van der Waals surface area contributed by atoms with Gasteiger partial charge in [0.2, 0.25) is 0 Å². The first kappa shape index (κ1) is 9.05. The molecular weight excluding hydrogens is 136 g/mol. The third-order valence-corrected chi connectivity index (χ3v) is 2.46. The van der Waals surface area contributed by atoms with E-state index in [0.717, 1.165) is 13.2 Å². The predicted octanol–water partition coefficient (Wildman–Crippen LogP) is 2.85. The molecule has 0 saturated carbocycles. The van der Waals surface area contributed by atoms with Crippen LogP contribution < -0.4 is 0 Å². The number of hydrogen-bond acceptors (Lipinski definition) is 1. The smallest absolute Gasteiger partial charge is 0.0517 e. The van der Waals surface area contributed by atoms with Crippen LogP contribution in [0.15, 0.2) is 0 Å². The molecule has 0 aromatic carbocycles. The summed E-state index contributed by atoms with van der Waals surface area (Å²) < 4.78 is 5.62. The van der Waals surface area contributed by atoms with Crippen molar-refractivity contribution in [3.8, 4) is 0 Å². The van der Waals surface area contributed by atoms with Crippen LogP contribution in [0.3, 0.4) is 0 Å². The van der Waals surface area contributed by atoms with Crippen molar-refractivity contribution < 1.29 is 4.74 Å². The van der Waals surface area contributed by atoms with Gasteiger partial charge in [-0.25, -0.2) is 0 Å². The van der Waals surface area contributed by atoms with Gasteiger partial charge in [-0.05, 0) is 23.7 Å². The molecule has 1 heterocycles. The van der Waals surface area contributed by atoms with E-state index in [1.807, 2.05) is 0 Å². The van der Waals surface area contributed by atoms with Crippen LogP contribution in [-0.4, -0.2) is 13.2 Å². The highest BCUT2D eigenvalue weighted by Crippen LogP contribution is 2.34. The molecule has 1 aliphatic rings. The summed E-state index contributed by atoms with van der Waals surface area (Å²) in [5.74, 6) is 0. The molecule has 0 amide bonds. The van der Waals surface area contributed by atoms with Crippen molar-refractivity contribution in [1.29, 1.82) is 0 Å². The maximum Gasteiger partial charge on any atom is 0.0517 e. The van der Waals surface area contributed by atoms with E-state index in [4.69, 9.17) is 4.74 Å². The Morgan fingerprint density at radius 2 is 1.18 bits per heavy atom. The molecule has 0 spiro atoms. The summed E-state index contributed by atoms with van der Waals surface area (Å²) >= 11 is 0. The summed E-state index contributed by atoms with van der Waals surface area (Å²) in [5, 5.41) is 0. The minimum absolute atomic E-state index is 0.397. The average Bonchev–Trinajstić information content (AvgIpc) is 1.92. The molecule has 0 N–H and O–H groups in total. The zero-order chi connectivity index (χ0) is 8.54. The zero-order valence-corrected chi connectivity index (χ0v) is 8.24. The molecule has 11 heavy (non-hydrogen) atoms. The zero-order valence-electron chi connectivity index (χ0n) is 8.24. The van der Waals surface area contributed by atoms with Crippen LogP contribution in [0.25, 0.3) is 0 Å². The number of hydrogen-bond donors (Lipinski definition) is 0. The largest absolute Gasteiger partial charge is 0.380 e. The van der Waals surface area contributed by atoms with E-state index in [-0.39, 0.29) is 0 Å². The summed E-state index contributed by atoms with van der Waals surface area (Å²) in [6.45, 7) is 11.0. The van der Waals surface area contributed by atoms with Crippen molar-refractivity contribution in [1.82, 2.24) is 0 Å². The predicted molar refractivity (Wildman–Crippen MR) is 47.6 cm³/mol. The summed E-state index contributed by atoms with van der Waals surface area (Å²) in [6, 6.07) is 0. The van der Waals surface area contributed by atoms with E-state index in [9.17, 15) is 0 Å². The quantitative estimate of drug-likeness (QED) is 0.524. The van der Waals surface area contributed by atoms with Gasteiger partial charge in [-0.2, -0.15) is 0 Å². The van der Waals surface area contributed by atoms with E-state index >= 15 is 0 Å². The first-order chi connectivity index (χ1) is 4.91. The molecule has 0 atom stereocenters. The van der Waals surface area contributed by atoms with E-state index < -0.39 is 0 Å². The van der Waals surface area contributed by atoms with Crippen molar-refractivity contribution in [2.75, 3.05) is 13.2 Å². The summed E-state index contributed by atoms with van der Waals surface area (Å²) in [7, 11) is 0. The Morgan fingerprint density at radius 1 is 0.818 bits per heavy atom. The van der Waals surface area contributed by atoms with Crippen LogP contribution >= 0.6 is 0 Å². The van der Waals surface area contributed by atoms with Crippen molar-refractivity contribution in [2.45, 2.75) is 40.5 Å². The van der Waals surface area contributed by atoms with Gasteiger partial charge in [0.25, 0.3) is 0 Å². The molecule has 1 fully saturated rings. The lowest BCUT2D eigenvalue weighted by Gasteiger charge is -2.22. The molecule has 0 bridgehead atoms. The minimum atomic E-state index is 0.397. The van der Waals surface area contributed by atoms with Gasteiger partial charge < -0.3 is 4.74 Å². The normalized spacial score (nSPS) is 29.5. The van der Waals surface area contributed by atoms with Crippen molar-refractivity contribution in [3.05, 3.63) is 0 Å². The second-order valence-electron chi connectivity index (χ2n) is 5.32. The summed E-state index contributed by atoms with van der Waals surface area (Å²) in [5.41, 5.74) is 0.793. The van der Waals surface area contributed by atoms with Gasteiger partial charge >= 0.3 is 0 Å². The minimum Gasteiger partial charge on any atom is -0.380 e. The first-order valence-electron chi connectivity index (χ1n) is 4.49. The Kier molecular flexibility index (Phi) is 2.29. The van der Waals surface area contributed by atoms with Crippen LogP contribution in [0, 0.1) is 10.8 Å². The van der Waals surface area contributed by atoms with Crippen LogP contribution in [0.1, 0.15) is 40.5 Å². The SMILES string of the molecule is CC1(C)CCC(C)(C)COC1. The third kappa shape index (κ3) is 2.82. The molecule has 0 aromatic heterocycles. The fourth-order valence-electron chi connectivity index (χ4n) is 1.42.